The monoisotopic (exact) mass is 662 g/mol. The van der Waals surface area contributed by atoms with Crippen LogP contribution < -0.4 is 10.6 Å². The first-order valence-electron chi connectivity index (χ1n) is 16.7. The average molecular weight is 663 g/mol. The maximum Gasteiger partial charge on any atom is 0.328 e. The zero-order valence-corrected chi connectivity index (χ0v) is 27.9. The van der Waals surface area contributed by atoms with E-state index in [2.05, 4.69) is 17.6 Å². The first kappa shape index (κ1) is 36.7. The molecule has 3 saturated carbocycles. The minimum Gasteiger partial charge on any atom is -0.480 e. The number of nitrogens with one attached hydrogen (secondary N) is 2. The Kier molecular flexibility index (Phi) is 10.7. The number of allylic oxidation sites excluding steroid dienone is 1. The Morgan fingerprint density at radius 2 is 1.68 bits per heavy atom. The summed E-state index contributed by atoms with van der Waals surface area (Å²) < 4.78 is 5.19. The molecule has 262 valence electrons. The summed E-state index contributed by atoms with van der Waals surface area (Å²) in [5.74, 6) is -4.79. The van der Waals surface area contributed by atoms with Crippen molar-refractivity contribution in [3.05, 3.63) is 11.6 Å². The van der Waals surface area contributed by atoms with Gasteiger partial charge in [-0.2, -0.15) is 0 Å². The molecule has 0 spiro atoms. The maximum atomic E-state index is 13.5. The molecule has 0 aromatic carbocycles. The highest BCUT2D eigenvalue weighted by Crippen LogP contribution is 2.67. The summed E-state index contributed by atoms with van der Waals surface area (Å²) in [4.78, 5) is 74.7. The van der Waals surface area contributed by atoms with E-state index in [9.17, 15) is 49.2 Å². The molecule has 2 amide bonds. The number of fused-ring (bicyclic) bond motifs is 5. The molecular formula is C34H50N2O11. The van der Waals surface area contributed by atoms with Crippen molar-refractivity contribution >= 4 is 35.3 Å². The largest absolute Gasteiger partial charge is 0.480 e. The summed E-state index contributed by atoms with van der Waals surface area (Å²) in [7, 11) is 0. The lowest BCUT2D eigenvalue weighted by Crippen LogP contribution is -2.62. The topological polar surface area (TPSA) is 217 Å². The fraction of sp³-hybridized carbons (Fsp3) is 0.765. The van der Waals surface area contributed by atoms with E-state index in [-0.39, 0.29) is 48.2 Å². The van der Waals surface area contributed by atoms with Crippen molar-refractivity contribution in [3.63, 3.8) is 0 Å². The number of aliphatic carboxylic acids is 1. The van der Waals surface area contributed by atoms with E-state index in [0.29, 0.717) is 19.3 Å². The molecule has 0 radical (unpaired) electrons. The second-order valence-electron chi connectivity index (χ2n) is 14.9. The number of amides is 2. The molecule has 13 heteroatoms. The Morgan fingerprint density at radius 1 is 1.00 bits per heavy atom. The number of carbonyl (C=O) groups is 6. The maximum absolute atomic E-state index is 13.5. The molecule has 4 aliphatic carbocycles. The van der Waals surface area contributed by atoms with Crippen LogP contribution in [0.4, 0.5) is 0 Å². The number of hydrogen-bond donors (Lipinski definition) is 6. The number of hydrogen-bond acceptors (Lipinski definition) is 10. The van der Waals surface area contributed by atoms with Gasteiger partial charge in [0.25, 0.3) is 0 Å². The number of esters is 1. The molecule has 47 heavy (non-hydrogen) atoms. The second kappa shape index (κ2) is 13.8. The van der Waals surface area contributed by atoms with Gasteiger partial charge in [0.05, 0.1) is 18.6 Å². The van der Waals surface area contributed by atoms with Crippen LogP contribution in [0.25, 0.3) is 0 Å². The summed E-state index contributed by atoms with van der Waals surface area (Å²) in [6.45, 7) is 7.75. The van der Waals surface area contributed by atoms with Crippen LogP contribution in [0.5, 0.6) is 0 Å². The van der Waals surface area contributed by atoms with Crippen LogP contribution in [0.1, 0.15) is 92.4 Å². The summed E-state index contributed by atoms with van der Waals surface area (Å²) in [6, 6.07) is -2.70. The summed E-state index contributed by atoms with van der Waals surface area (Å²) in [5.41, 5.74) is -1.95. The average Bonchev–Trinajstić information content (AvgIpc) is 3.26. The summed E-state index contributed by atoms with van der Waals surface area (Å²) in [5, 5.41) is 46.9. The van der Waals surface area contributed by atoms with Gasteiger partial charge < -0.3 is 35.8 Å². The van der Waals surface area contributed by atoms with Gasteiger partial charge in [0.2, 0.25) is 17.6 Å². The number of carboxylic acids is 1. The minimum atomic E-state index is -1.81. The molecule has 0 aliphatic heterocycles. The summed E-state index contributed by atoms with van der Waals surface area (Å²) in [6.07, 6.45) is 2.42. The third-order valence-electron chi connectivity index (χ3n) is 11.7. The SMILES string of the molecule is CC(C)C(NC(=O)CCC(=O)OCC(=O)C1(O)CCC2C3CCC4=CC(=O)CCC4(C)C3C(O)CC21C)C(=O)NC(C(=O)O)C(C)O. The molecule has 6 N–H and O–H groups in total. The molecule has 4 rings (SSSR count). The quantitative estimate of drug-likeness (QED) is 0.163. The molecule has 4 aliphatic rings. The van der Waals surface area contributed by atoms with Crippen LogP contribution in [0, 0.1) is 34.5 Å². The van der Waals surface area contributed by atoms with Crippen LogP contribution in [-0.2, 0) is 33.5 Å². The van der Waals surface area contributed by atoms with Crippen LogP contribution in [0.15, 0.2) is 11.6 Å². The van der Waals surface area contributed by atoms with Crippen molar-refractivity contribution in [3.8, 4) is 0 Å². The van der Waals surface area contributed by atoms with Crippen LogP contribution in [0.3, 0.4) is 0 Å². The van der Waals surface area contributed by atoms with E-state index < -0.39 is 83.8 Å². The van der Waals surface area contributed by atoms with Gasteiger partial charge in [0.15, 0.2) is 18.4 Å². The number of aliphatic hydroxyl groups is 3. The summed E-state index contributed by atoms with van der Waals surface area (Å²) >= 11 is 0. The van der Waals surface area contributed by atoms with Gasteiger partial charge in [-0.05, 0) is 80.6 Å². The van der Waals surface area contributed by atoms with E-state index in [1.807, 2.05) is 6.92 Å². The molecule has 0 heterocycles. The van der Waals surface area contributed by atoms with Crippen molar-refractivity contribution in [2.75, 3.05) is 6.61 Å². The molecule has 0 aromatic rings. The molecule has 10 atom stereocenters. The Morgan fingerprint density at radius 3 is 2.30 bits per heavy atom. The third kappa shape index (κ3) is 6.89. The standard InChI is InChI=1S/C34H50N2O11/c1-17(2)28(30(43)36-29(18(3)37)31(44)45)35-25(41)8-9-26(42)47-16-24(40)34(46)13-11-22-21-7-6-19-14-20(38)10-12-32(19,4)27(21)23(39)15-33(22,34)5/h14,17-18,21-23,27-29,37,39,46H,6-13,15-16H2,1-5H3,(H,35,41)(H,36,43)(H,44,45). The van der Waals surface area contributed by atoms with Gasteiger partial charge in [-0.25, -0.2) is 4.79 Å². The number of carboxylic acid groups (broad SMARTS) is 1. The van der Waals surface area contributed by atoms with E-state index in [4.69, 9.17) is 4.74 Å². The predicted molar refractivity (Wildman–Crippen MR) is 166 cm³/mol. The molecule has 0 saturated heterocycles. The number of Topliss-reactive ketones (excluding diaryl/α,β-unsaturated/α-hetero) is 1. The fourth-order valence-corrected chi connectivity index (χ4v) is 9.12. The van der Waals surface area contributed by atoms with Crippen LogP contribution in [-0.4, -0.2) is 92.2 Å². The second-order valence-corrected chi connectivity index (χ2v) is 14.9. The smallest absolute Gasteiger partial charge is 0.328 e. The number of rotatable bonds is 12. The van der Waals surface area contributed by atoms with Crippen molar-refractivity contribution in [2.45, 2.75) is 122 Å². The normalized spacial score (nSPS) is 34.9. The molecular weight excluding hydrogens is 612 g/mol. The third-order valence-corrected chi connectivity index (χ3v) is 11.7. The van der Waals surface area contributed by atoms with Gasteiger partial charge in [0.1, 0.15) is 11.6 Å². The fourth-order valence-electron chi connectivity index (χ4n) is 9.12. The van der Waals surface area contributed by atoms with E-state index in [0.717, 1.165) is 18.4 Å². The molecule has 0 bridgehead atoms. The lowest BCUT2D eigenvalue weighted by molar-refractivity contribution is -0.184. The van der Waals surface area contributed by atoms with E-state index >= 15 is 0 Å². The molecule has 0 aromatic heterocycles. The van der Waals surface area contributed by atoms with Gasteiger partial charge in [0, 0.05) is 18.3 Å². The Bertz CT molecular complexity index is 1330. The Balaban J connectivity index is 1.32. The minimum absolute atomic E-state index is 0.0299. The zero-order chi connectivity index (χ0) is 35.1. The highest BCUT2D eigenvalue weighted by atomic mass is 16.5. The highest BCUT2D eigenvalue weighted by Gasteiger charge is 2.68. The van der Waals surface area contributed by atoms with Crippen molar-refractivity contribution < 1.29 is 53.9 Å². The first-order chi connectivity index (χ1) is 21.9. The Labute approximate surface area is 274 Å². The lowest BCUT2D eigenvalue weighted by Gasteiger charge is -2.60. The van der Waals surface area contributed by atoms with Gasteiger partial charge >= 0.3 is 11.9 Å². The number of carbonyl (C=O) groups excluding carboxylic acids is 5. The first-order valence-corrected chi connectivity index (χ1v) is 16.7. The number of ether oxygens (including phenoxy) is 1. The molecule has 10 unspecified atom stereocenters. The number of ketones is 2. The van der Waals surface area contributed by atoms with E-state index in [1.165, 1.54) is 6.92 Å². The molecule has 3 fully saturated rings. The highest BCUT2D eigenvalue weighted by molar-refractivity contribution is 5.93. The molecule has 13 nitrogen and oxygen atoms in total. The van der Waals surface area contributed by atoms with Gasteiger partial charge in [-0.3, -0.25) is 24.0 Å². The van der Waals surface area contributed by atoms with Gasteiger partial charge in [-0.1, -0.05) is 33.3 Å². The van der Waals surface area contributed by atoms with Crippen molar-refractivity contribution in [2.24, 2.45) is 34.5 Å². The number of aliphatic hydroxyl groups excluding tert-OH is 2. The van der Waals surface area contributed by atoms with Crippen LogP contribution >= 0.6 is 0 Å². The van der Waals surface area contributed by atoms with Gasteiger partial charge in [-0.15, -0.1) is 0 Å². The van der Waals surface area contributed by atoms with Crippen LogP contribution in [0.2, 0.25) is 0 Å². The lowest BCUT2D eigenvalue weighted by atomic mass is 9.45. The van der Waals surface area contributed by atoms with Crippen molar-refractivity contribution in [1.29, 1.82) is 0 Å². The van der Waals surface area contributed by atoms with Crippen molar-refractivity contribution in [1.82, 2.24) is 10.6 Å². The zero-order valence-electron chi connectivity index (χ0n) is 27.9. The Hall–Kier alpha value is -3.16. The predicted octanol–water partition coefficient (Wildman–Crippen LogP) is 1.20. The van der Waals surface area contributed by atoms with E-state index in [1.54, 1.807) is 19.9 Å².